The van der Waals surface area contributed by atoms with Gasteiger partial charge in [0.05, 0.1) is 6.10 Å². The molecule has 0 aliphatic heterocycles. The summed E-state index contributed by atoms with van der Waals surface area (Å²) in [6.07, 6.45) is 11.5. The van der Waals surface area contributed by atoms with Crippen LogP contribution in [0.4, 0.5) is 0 Å². The van der Waals surface area contributed by atoms with Crippen molar-refractivity contribution in [3.63, 3.8) is 0 Å². The molecule has 0 amide bonds. The van der Waals surface area contributed by atoms with E-state index < -0.39 is 0 Å². The van der Waals surface area contributed by atoms with Gasteiger partial charge in [-0.3, -0.25) is 0 Å². The largest absolute Gasteiger partial charge is 0.393 e. The number of aliphatic hydroxyl groups is 1. The van der Waals surface area contributed by atoms with Crippen molar-refractivity contribution in [1.29, 1.82) is 0 Å². The fourth-order valence-electron chi connectivity index (χ4n) is 2.67. The molecule has 0 spiro atoms. The topological polar surface area (TPSA) is 20.2 Å². The molecule has 1 saturated carbocycles. The Hall–Kier alpha value is -0.480. The maximum atomic E-state index is 10.0. The molecule has 0 aromatic heterocycles. The van der Waals surface area contributed by atoms with Gasteiger partial charge in [0.25, 0.3) is 0 Å². The Kier molecular flexibility index (Phi) is 4.01. The minimum Gasteiger partial charge on any atom is -0.393 e. The molecule has 1 N–H and O–H groups in total. The normalized spacial score (nSPS) is 28.0. The molecule has 1 heteroatoms. The van der Waals surface area contributed by atoms with Crippen LogP contribution in [-0.2, 0) is 0 Å². The average molecular weight is 194 g/mol. The molecule has 2 unspecified atom stereocenters. The van der Waals surface area contributed by atoms with E-state index in [0.717, 1.165) is 6.42 Å². The van der Waals surface area contributed by atoms with Crippen molar-refractivity contribution in [2.24, 2.45) is 11.3 Å². The number of hydrogen-bond acceptors (Lipinski definition) is 1. The first-order valence-corrected chi connectivity index (χ1v) is 5.69. The van der Waals surface area contributed by atoms with Crippen LogP contribution >= 0.6 is 0 Å². The first-order valence-electron chi connectivity index (χ1n) is 5.69. The Morgan fingerprint density at radius 2 is 2.21 bits per heavy atom. The monoisotopic (exact) mass is 194 g/mol. The van der Waals surface area contributed by atoms with Crippen molar-refractivity contribution in [3.8, 4) is 12.3 Å². The summed E-state index contributed by atoms with van der Waals surface area (Å²) in [5.41, 5.74) is 0.298. The zero-order valence-electron chi connectivity index (χ0n) is 9.42. The molecule has 0 bridgehead atoms. The van der Waals surface area contributed by atoms with Gasteiger partial charge in [0, 0.05) is 6.42 Å². The van der Waals surface area contributed by atoms with Crippen LogP contribution in [0.25, 0.3) is 0 Å². The molecule has 1 fully saturated rings. The molecular formula is C13H22O. The highest BCUT2D eigenvalue weighted by molar-refractivity contribution is 4.90. The first-order chi connectivity index (χ1) is 6.58. The molecule has 14 heavy (non-hydrogen) atoms. The lowest BCUT2D eigenvalue weighted by Crippen LogP contribution is -2.36. The molecule has 1 rings (SSSR count). The van der Waals surface area contributed by atoms with Gasteiger partial charge >= 0.3 is 0 Å². The van der Waals surface area contributed by atoms with E-state index in [1.807, 2.05) is 0 Å². The third-order valence-electron chi connectivity index (χ3n) is 3.64. The quantitative estimate of drug-likeness (QED) is 0.685. The highest BCUT2D eigenvalue weighted by Crippen LogP contribution is 2.43. The van der Waals surface area contributed by atoms with Gasteiger partial charge in [-0.25, -0.2) is 0 Å². The van der Waals surface area contributed by atoms with Crippen molar-refractivity contribution < 1.29 is 5.11 Å². The van der Waals surface area contributed by atoms with E-state index in [1.54, 1.807) is 0 Å². The summed E-state index contributed by atoms with van der Waals surface area (Å²) in [7, 11) is 0. The van der Waals surface area contributed by atoms with E-state index in [2.05, 4.69) is 19.8 Å². The van der Waals surface area contributed by atoms with E-state index in [4.69, 9.17) is 6.42 Å². The molecular weight excluding hydrogens is 172 g/mol. The fraction of sp³-hybridized carbons (Fsp3) is 0.846. The summed E-state index contributed by atoms with van der Waals surface area (Å²) in [4.78, 5) is 0. The molecule has 1 aliphatic carbocycles. The number of rotatable bonds is 3. The molecule has 80 valence electrons. The van der Waals surface area contributed by atoms with Crippen molar-refractivity contribution in [2.45, 2.75) is 58.5 Å². The van der Waals surface area contributed by atoms with Crippen molar-refractivity contribution in [1.82, 2.24) is 0 Å². The van der Waals surface area contributed by atoms with Crippen LogP contribution in [0.5, 0.6) is 0 Å². The zero-order chi connectivity index (χ0) is 10.6. The van der Waals surface area contributed by atoms with Crippen molar-refractivity contribution in [3.05, 3.63) is 0 Å². The van der Waals surface area contributed by atoms with Crippen LogP contribution in [0.15, 0.2) is 0 Å². The Balaban J connectivity index is 2.51. The highest BCUT2D eigenvalue weighted by atomic mass is 16.3. The second-order valence-electron chi connectivity index (χ2n) is 5.15. The summed E-state index contributed by atoms with van der Waals surface area (Å²) < 4.78 is 0. The minimum absolute atomic E-state index is 0.193. The summed E-state index contributed by atoms with van der Waals surface area (Å²) in [6.45, 7) is 4.55. The first kappa shape index (κ1) is 11.6. The molecule has 0 heterocycles. The second kappa shape index (κ2) is 4.84. The van der Waals surface area contributed by atoms with E-state index in [-0.39, 0.29) is 6.10 Å². The predicted octanol–water partition coefficient (Wildman–Crippen LogP) is 2.98. The van der Waals surface area contributed by atoms with Gasteiger partial charge in [-0.1, -0.05) is 26.7 Å². The van der Waals surface area contributed by atoms with Gasteiger partial charge in [0.1, 0.15) is 0 Å². The molecule has 0 radical (unpaired) electrons. The van der Waals surface area contributed by atoms with Gasteiger partial charge < -0.3 is 5.11 Å². The van der Waals surface area contributed by atoms with Crippen LogP contribution in [-0.4, -0.2) is 11.2 Å². The number of aliphatic hydroxyl groups excluding tert-OH is 1. The van der Waals surface area contributed by atoms with Crippen molar-refractivity contribution in [2.75, 3.05) is 0 Å². The Morgan fingerprint density at radius 1 is 1.50 bits per heavy atom. The Morgan fingerprint density at radius 3 is 2.79 bits per heavy atom. The lowest BCUT2D eigenvalue weighted by atomic mass is 9.66. The zero-order valence-corrected chi connectivity index (χ0v) is 9.42. The SMILES string of the molecule is C#CCCC(O)C1CCCCC1(C)C. The fourth-order valence-corrected chi connectivity index (χ4v) is 2.67. The van der Waals surface area contributed by atoms with Crippen LogP contribution in [0.1, 0.15) is 52.4 Å². The lowest BCUT2D eigenvalue weighted by molar-refractivity contribution is 0.00167. The number of terminal acetylenes is 1. The molecule has 1 aliphatic rings. The Labute approximate surface area is 87.9 Å². The maximum Gasteiger partial charge on any atom is 0.0582 e. The van der Waals surface area contributed by atoms with Gasteiger partial charge in [0.15, 0.2) is 0 Å². The predicted molar refractivity (Wildman–Crippen MR) is 59.8 cm³/mol. The smallest absolute Gasteiger partial charge is 0.0582 e. The van der Waals surface area contributed by atoms with Crippen LogP contribution in [0.3, 0.4) is 0 Å². The highest BCUT2D eigenvalue weighted by Gasteiger charge is 2.36. The third kappa shape index (κ3) is 2.75. The summed E-state index contributed by atoms with van der Waals surface area (Å²) >= 11 is 0. The maximum absolute atomic E-state index is 10.0. The van der Waals surface area contributed by atoms with E-state index in [9.17, 15) is 5.11 Å². The number of hydrogen-bond donors (Lipinski definition) is 1. The molecule has 1 nitrogen and oxygen atoms in total. The van der Waals surface area contributed by atoms with Gasteiger partial charge in [-0.2, -0.15) is 0 Å². The van der Waals surface area contributed by atoms with Crippen molar-refractivity contribution >= 4 is 0 Å². The van der Waals surface area contributed by atoms with Crippen LogP contribution in [0.2, 0.25) is 0 Å². The van der Waals surface area contributed by atoms with E-state index >= 15 is 0 Å². The van der Waals surface area contributed by atoms with E-state index in [1.165, 1.54) is 25.7 Å². The molecule has 0 saturated heterocycles. The van der Waals surface area contributed by atoms with Gasteiger partial charge in [-0.15, -0.1) is 12.3 Å². The summed E-state index contributed by atoms with van der Waals surface area (Å²) in [5.74, 6) is 3.05. The van der Waals surface area contributed by atoms with Crippen LogP contribution in [0, 0.1) is 23.7 Å². The van der Waals surface area contributed by atoms with E-state index in [0.29, 0.717) is 17.8 Å². The molecule has 0 aromatic carbocycles. The summed E-state index contributed by atoms with van der Waals surface area (Å²) in [6, 6.07) is 0. The standard InChI is InChI=1S/C13H22O/c1-4-5-9-12(14)11-8-6-7-10-13(11,2)3/h1,11-12,14H,5-10H2,2-3H3. The van der Waals surface area contributed by atoms with Gasteiger partial charge in [-0.05, 0) is 30.6 Å². The molecule has 0 aromatic rings. The molecule has 2 atom stereocenters. The average Bonchev–Trinajstić information content (AvgIpc) is 2.13. The lowest BCUT2D eigenvalue weighted by Gasteiger charge is -2.41. The van der Waals surface area contributed by atoms with Crippen LogP contribution < -0.4 is 0 Å². The third-order valence-corrected chi connectivity index (χ3v) is 3.64. The van der Waals surface area contributed by atoms with Gasteiger partial charge in [0.2, 0.25) is 0 Å². The second-order valence-corrected chi connectivity index (χ2v) is 5.15. The summed E-state index contributed by atoms with van der Waals surface area (Å²) in [5, 5.41) is 10.0. The minimum atomic E-state index is -0.193. The Bertz CT molecular complexity index is 212.